The third-order valence-corrected chi connectivity index (χ3v) is 4.73. The van der Waals surface area contributed by atoms with Crippen molar-refractivity contribution in [2.75, 3.05) is 19.0 Å². The molecule has 2 amide bonds. The molecular weight excluding hydrogens is 348 g/mol. The number of para-hydroxylation sites is 1. The minimum Gasteiger partial charge on any atom is -0.453 e. The maximum absolute atomic E-state index is 12.3. The van der Waals surface area contributed by atoms with Crippen LogP contribution in [-0.4, -0.2) is 40.5 Å². The first kappa shape index (κ1) is 16.8. The van der Waals surface area contributed by atoms with Gasteiger partial charge >= 0.3 is 6.09 Å². The number of hydrogen-bond acceptors (Lipinski definition) is 7. The fourth-order valence-corrected chi connectivity index (χ4v) is 3.54. The van der Waals surface area contributed by atoms with Gasteiger partial charge in [-0.2, -0.15) is 0 Å². The maximum Gasteiger partial charge on any atom is 0.409 e. The van der Waals surface area contributed by atoms with Crippen molar-refractivity contribution in [1.82, 2.24) is 9.88 Å². The lowest BCUT2D eigenvalue weighted by Crippen LogP contribution is -2.35. The average Bonchev–Trinajstić information content (AvgIpc) is 3.02. The molecule has 0 atom stereocenters. The van der Waals surface area contributed by atoms with E-state index in [1.54, 1.807) is 11.0 Å². The van der Waals surface area contributed by atoms with Gasteiger partial charge in [0.25, 0.3) is 11.6 Å². The molecule has 130 valence electrons. The van der Waals surface area contributed by atoms with Gasteiger partial charge in [0, 0.05) is 23.9 Å². The van der Waals surface area contributed by atoms with E-state index < -0.39 is 16.9 Å². The summed E-state index contributed by atoms with van der Waals surface area (Å²) >= 11 is 1.24. The summed E-state index contributed by atoms with van der Waals surface area (Å²) in [5.41, 5.74) is 0.512. The number of fused-ring (bicyclic) bond motifs is 1. The van der Waals surface area contributed by atoms with Crippen molar-refractivity contribution in [3.63, 3.8) is 0 Å². The summed E-state index contributed by atoms with van der Waals surface area (Å²) in [6.07, 6.45) is 0.145. The molecule has 3 rings (SSSR count). The van der Waals surface area contributed by atoms with Crippen LogP contribution >= 0.6 is 11.3 Å². The maximum atomic E-state index is 12.3. The molecule has 0 radical (unpaired) electrons. The van der Waals surface area contributed by atoms with E-state index in [-0.39, 0.29) is 11.3 Å². The lowest BCUT2D eigenvalue weighted by atomic mass is 10.1. The summed E-state index contributed by atoms with van der Waals surface area (Å²) in [4.78, 5) is 41.1. The Kier molecular flexibility index (Phi) is 4.61. The molecular formula is C15H14N4O5S. The lowest BCUT2D eigenvalue weighted by molar-refractivity contribution is -0.385. The van der Waals surface area contributed by atoms with Gasteiger partial charge in [-0.15, -0.1) is 0 Å². The number of nitro benzene ring substituents is 1. The standard InChI is InChI=1S/C15H14N4O5S/c1-24-15(21)18-7-6-10-12(8-18)25-14(16-10)17-13(20)9-4-2-3-5-11(9)19(22)23/h2-5H,6-8H2,1H3,(H,16,17,20). The highest BCUT2D eigenvalue weighted by molar-refractivity contribution is 7.15. The van der Waals surface area contributed by atoms with Crippen LogP contribution in [0.2, 0.25) is 0 Å². The number of rotatable bonds is 3. The smallest absolute Gasteiger partial charge is 0.409 e. The molecule has 0 bridgehead atoms. The quantitative estimate of drug-likeness (QED) is 0.662. The number of nitrogens with one attached hydrogen (secondary N) is 1. The van der Waals surface area contributed by atoms with Gasteiger partial charge in [-0.05, 0) is 6.07 Å². The largest absolute Gasteiger partial charge is 0.453 e. The van der Waals surface area contributed by atoms with Crippen LogP contribution in [0.25, 0.3) is 0 Å². The second-order valence-electron chi connectivity index (χ2n) is 5.26. The molecule has 1 N–H and O–H groups in total. The second kappa shape index (κ2) is 6.85. The van der Waals surface area contributed by atoms with Crippen molar-refractivity contribution in [1.29, 1.82) is 0 Å². The van der Waals surface area contributed by atoms with Crippen LogP contribution in [0.3, 0.4) is 0 Å². The number of carbonyl (C=O) groups excluding carboxylic acids is 2. The number of amides is 2. The summed E-state index contributed by atoms with van der Waals surface area (Å²) in [7, 11) is 1.32. The molecule has 9 nitrogen and oxygen atoms in total. The monoisotopic (exact) mass is 362 g/mol. The molecule has 1 aromatic carbocycles. The highest BCUT2D eigenvalue weighted by atomic mass is 32.1. The van der Waals surface area contributed by atoms with E-state index in [1.807, 2.05) is 0 Å². The molecule has 0 unspecified atom stereocenters. The number of benzene rings is 1. The zero-order valence-corrected chi connectivity index (χ0v) is 14.0. The first-order valence-corrected chi connectivity index (χ1v) is 8.17. The van der Waals surface area contributed by atoms with Gasteiger partial charge in [-0.3, -0.25) is 20.2 Å². The number of nitro groups is 1. The zero-order valence-electron chi connectivity index (χ0n) is 13.2. The van der Waals surface area contributed by atoms with Gasteiger partial charge in [-0.1, -0.05) is 23.5 Å². The molecule has 0 saturated heterocycles. The van der Waals surface area contributed by atoms with Crippen molar-refractivity contribution in [3.8, 4) is 0 Å². The normalized spacial score (nSPS) is 13.1. The Hall–Kier alpha value is -3.01. The third kappa shape index (κ3) is 3.43. The number of methoxy groups -OCH3 is 1. The molecule has 0 spiro atoms. The van der Waals surface area contributed by atoms with Crippen LogP contribution in [0.1, 0.15) is 20.9 Å². The summed E-state index contributed by atoms with van der Waals surface area (Å²) in [5.74, 6) is -0.594. The zero-order chi connectivity index (χ0) is 18.0. The van der Waals surface area contributed by atoms with E-state index in [2.05, 4.69) is 10.3 Å². The van der Waals surface area contributed by atoms with E-state index >= 15 is 0 Å². The number of thiazole rings is 1. The van der Waals surface area contributed by atoms with E-state index in [9.17, 15) is 19.7 Å². The fraction of sp³-hybridized carbons (Fsp3) is 0.267. The first-order chi connectivity index (χ1) is 12.0. The van der Waals surface area contributed by atoms with Crippen LogP contribution in [0, 0.1) is 10.1 Å². The number of ether oxygens (including phenoxy) is 1. The van der Waals surface area contributed by atoms with E-state index in [0.29, 0.717) is 24.6 Å². The molecule has 2 heterocycles. The van der Waals surface area contributed by atoms with E-state index in [4.69, 9.17) is 4.74 Å². The van der Waals surface area contributed by atoms with Crippen molar-refractivity contribution < 1.29 is 19.2 Å². The van der Waals surface area contributed by atoms with Gasteiger partial charge in [0.1, 0.15) is 5.56 Å². The predicted octanol–water partition coefficient (Wildman–Crippen LogP) is 2.43. The number of aromatic nitrogens is 1. The van der Waals surface area contributed by atoms with Gasteiger partial charge in [-0.25, -0.2) is 9.78 Å². The van der Waals surface area contributed by atoms with Crippen molar-refractivity contribution in [3.05, 3.63) is 50.5 Å². The molecule has 2 aromatic rings. The molecule has 1 aliphatic rings. The van der Waals surface area contributed by atoms with E-state index in [1.165, 1.54) is 36.6 Å². The molecule has 0 saturated carbocycles. The van der Waals surface area contributed by atoms with Crippen LogP contribution in [0.15, 0.2) is 24.3 Å². The SMILES string of the molecule is COC(=O)N1CCc2nc(NC(=O)c3ccccc3[N+](=O)[O-])sc2C1. The molecule has 1 aromatic heterocycles. The van der Waals surface area contributed by atoms with Gasteiger partial charge in [0.15, 0.2) is 5.13 Å². The molecule has 10 heteroatoms. The third-order valence-electron chi connectivity index (χ3n) is 3.73. The minimum atomic E-state index is -0.601. The lowest BCUT2D eigenvalue weighted by Gasteiger charge is -2.24. The van der Waals surface area contributed by atoms with Gasteiger partial charge in [0.2, 0.25) is 0 Å². The highest BCUT2D eigenvalue weighted by Crippen LogP contribution is 2.29. The summed E-state index contributed by atoms with van der Waals surface area (Å²) in [5, 5.41) is 14.0. The number of carbonyl (C=O) groups is 2. The summed E-state index contributed by atoms with van der Waals surface area (Å²) < 4.78 is 4.71. The van der Waals surface area contributed by atoms with Crippen LogP contribution in [0.4, 0.5) is 15.6 Å². The topological polar surface area (TPSA) is 115 Å². The Balaban J connectivity index is 1.77. The van der Waals surface area contributed by atoms with Crippen molar-refractivity contribution in [2.45, 2.75) is 13.0 Å². The Morgan fingerprint density at radius 1 is 1.40 bits per heavy atom. The number of hydrogen-bond donors (Lipinski definition) is 1. The summed E-state index contributed by atoms with van der Waals surface area (Å²) in [6.45, 7) is 0.849. The Bertz CT molecular complexity index is 850. The number of nitrogens with zero attached hydrogens (tertiary/aromatic N) is 3. The summed E-state index contributed by atoms with van der Waals surface area (Å²) in [6, 6.07) is 5.72. The molecule has 0 aliphatic carbocycles. The van der Waals surface area contributed by atoms with E-state index in [0.717, 1.165) is 10.6 Å². The van der Waals surface area contributed by atoms with Crippen LogP contribution < -0.4 is 5.32 Å². The van der Waals surface area contributed by atoms with Crippen LogP contribution in [-0.2, 0) is 17.7 Å². The van der Waals surface area contributed by atoms with Gasteiger partial charge < -0.3 is 9.64 Å². The second-order valence-corrected chi connectivity index (χ2v) is 6.34. The Morgan fingerprint density at radius 3 is 2.88 bits per heavy atom. The van der Waals surface area contributed by atoms with Crippen molar-refractivity contribution in [2.24, 2.45) is 0 Å². The molecule has 1 aliphatic heterocycles. The van der Waals surface area contributed by atoms with Gasteiger partial charge in [0.05, 0.1) is 24.3 Å². The Morgan fingerprint density at radius 2 is 2.16 bits per heavy atom. The predicted molar refractivity (Wildman–Crippen MR) is 89.7 cm³/mol. The molecule has 25 heavy (non-hydrogen) atoms. The van der Waals surface area contributed by atoms with Crippen molar-refractivity contribution >= 4 is 34.2 Å². The molecule has 0 fully saturated rings. The fourth-order valence-electron chi connectivity index (χ4n) is 2.52. The Labute approximate surface area is 146 Å². The highest BCUT2D eigenvalue weighted by Gasteiger charge is 2.26. The average molecular weight is 362 g/mol. The first-order valence-electron chi connectivity index (χ1n) is 7.36. The number of anilines is 1. The minimum absolute atomic E-state index is 0.0307. The van der Waals surface area contributed by atoms with Crippen LogP contribution in [0.5, 0.6) is 0 Å².